The Morgan fingerprint density at radius 3 is 2.65 bits per heavy atom. The number of aryl methyl sites for hydroxylation is 1. The molecular formula is C18H21N3OS. The Kier molecular flexibility index (Phi) is 4.68. The van der Waals surface area contributed by atoms with Gasteiger partial charge in [0.2, 0.25) is 0 Å². The smallest absolute Gasteiger partial charge is 0.175 e. The number of aliphatic imine (C=N–C) groups is 1. The second-order valence-corrected chi connectivity index (χ2v) is 6.45. The van der Waals surface area contributed by atoms with Crippen molar-refractivity contribution in [3.05, 3.63) is 59.9 Å². The molecule has 4 nitrogen and oxygen atoms in total. The van der Waals surface area contributed by atoms with Crippen molar-refractivity contribution in [3.63, 3.8) is 0 Å². The van der Waals surface area contributed by atoms with E-state index in [1.165, 1.54) is 5.56 Å². The third-order valence-corrected chi connectivity index (χ3v) is 5.21. The van der Waals surface area contributed by atoms with Crippen LogP contribution in [0.2, 0.25) is 0 Å². The van der Waals surface area contributed by atoms with Crippen LogP contribution in [-0.2, 0) is 12.1 Å². The molecule has 0 amide bonds. The fourth-order valence-electron chi connectivity index (χ4n) is 2.75. The molecule has 1 aliphatic rings. The maximum Gasteiger partial charge on any atom is 0.175 e. The van der Waals surface area contributed by atoms with Gasteiger partial charge in [0.15, 0.2) is 10.9 Å². The van der Waals surface area contributed by atoms with E-state index >= 15 is 0 Å². The summed E-state index contributed by atoms with van der Waals surface area (Å²) in [6.45, 7) is 4.86. The molecule has 0 radical (unpaired) electrons. The van der Waals surface area contributed by atoms with Crippen molar-refractivity contribution in [2.75, 3.05) is 12.3 Å². The van der Waals surface area contributed by atoms with Gasteiger partial charge in [-0.1, -0.05) is 43.0 Å². The van der Waals surface area contributed by atoms with Crippen molar-refractivity contribution in [2.24, 2.45) is 4.99 Å². The van der Waals surface area contributed by atoms with Crippen LogP contribution >= 0.6 is 11.8 Å². The summed E-state index contributed by atoms with van der Waals surface area (Å²) in [5.41, 5.74) is 1.99. The first kappa shape index (κ1) is 16.0. The molecule has 5 heteroatoms. The number of aliphatic hydroxyl groups is 1. The zero-order valence-corrected chi connectivity index (χ0v) is 14.3. The lowest BCUT2D eigenvalue weighted by Gasteiger charge is -2.33. The Labute approximate surface area is 141 Å². The van der Waals surface area contributed by atoms with Crippen molar-refractivity contribution in [1.82, 2.24) is 9.88 Å². The Hall–Kier alpha value is -1.85. The largest absolute Gasteiger partial charge is 0.366 e. The van der Waals surface area contributed by atoms with Gasteiger partial charge in [0.25, 0.3) is 0 Å². The van der Waals surface area contributed by atoms with E-state index in [9.17, 15) is 5.11 Å². The Morgan fingerprint density at radius 1 is 1.26 bits per heavy atom. The number of hydrogen-bond acceptors (Lipinski definition) is 4. The van der Waals surface area contributed by atoms with E-state index in [4.69, 9.17) is 0 Å². The van der Waals surface area contributed by atoms with Gasteiger partial charge in [0, 0.05) is 18.3 Å². The van der Waals surface area contributed by atoms with Crippen molar-refractivity contribution in [3.8, 4) is 0 Å². The Bertz CT molecular complexity index is 687. The van der Waals surface area contributed by atoms with Crippen LogP contribution in [0.15, 0.2) is 53.8 Å². The molecule has 0 saturated carbocycles. The molecule has 0 bridgehead atoms. The number of amidine groups is 1. The number of nitrogens with zero attached hydrogens (tertiary/aromatic N) is 3. The maximum absolute atomic E-state index is 11.2. The molecule has 2 heterocycles. The van der Waals surface area contributed by atoms with Crippen LogP contribution in [0, 0.1) is 0 Å². The average molecular weight is 327 g/mol. The van der Waals surface area contributed by atoms with Gasteiger partial charge in [-0.2, -0.15) is 0 Å². The Balaban J connectivity index is 1.92. The molecule has 1 saturated heterocycles. The zero-order valence-electron chi connectivity index (χ0n) is 13.4. The van der Waals surface area contributed by atoms with Crippen LogP contribution < -0.4 is 0 Å². The van der Waals surface area contributed by atoms with Gasteiger partial charge in [0.1, 0.15) is 0 Å². The number of rotatable bonds is 4. The highest BCUT2D eigenvalue weighted by atomic mass is 32.2. The topological polar surface area (TPSA) is 48.7 Å². The summed E-state index contributed by atoms with van der Waals surface area (Å²) in [4.78, 5) is 10.7. The molecule has 1 aliphatic heterocycles. The fraction of sp³-hybridized carbons (Fsp3) is 0.333. The van der Waals surface area contributed by atoms with Gasteiger partial charge in [-0.15, -0.1) is 0 Å². The second kappa shape index (κ2) is 6.72. The lowest BCUT2D eigenvalue weighted by atomic mass is 10.0. The molecule has 2 aromatic rings. The van der Waals surface area contributed by atoms with Gasteiger partial charge < -0.3 is 10.0 Å². The minimum atomic E-state index is -1.01. The summed E-state index contributed by atoms with van der Waals surface area (Å²) >= 11 is 1.58. The van der Waals surface area contributed by atoms with Crippen LogP contribution in [0.5, 0.6) is 0 Å². The van der Waals surface area contributed by atoms with Crippen LogP contribution in [0.25, 0.3) is 0 Å². The highest BCUT2D eigenvalue weighted by molar-refractivity contribution is 8.14. The maximum atomic E-state index is 11.2. The van der Waals surface area contributed by atoms with E-state index in [1.807, 2.05) is 36.1 Å². The quantitative estimate of drug-likeness (QED) is 0.933. The standard InChI is InChI=1S/C18H21N3OS/c1-3-14-7-9-15(10-8-14)18(22)13-23-17(21(18)4-2)20-16-6-5-11-19-12-16/h5-12,22H,3-4,13H2,1-2H3. The molecule has 1 unspecified atom stereocenters. The molecule has 3 rings (SSSR count). The predicted molar refractivity (Wildman–Crippen MR) is 95.9 cm³/mol. The first-order valence-corrected chi connectivity index (χ1v) is 8.87. The number of pyridine rings is 1. The van der Waals surface area contributed by atoms with Gasteiger partial charge in [0.05, 0.1) is 17.6 Å². The molecule has 1 aromatic carbocycles. The molecule has 1 fully saturated rings. The zero-order chi connectivity index (χ0) is 16.3. The summed E-state index contributed by atoms with van der Waals surface area (Å²) in [7, 11) is 0. The van der Waals surface area contributed by atoms with Gasteiger partial charge in [-0.3, -0.25) is 4.98 Å². The molecule has 1 N–H and O–H groups in total. The minimum absolute atomic E-state index is 0.575. The molecule has 120 valence electrons. The molecular weight excluding hydrogens is 306 g/mol. The first-order valence-electron chi connectivity index (χ1n) is 7.88. The highest BCUT2D eigenvalue weighted by Crippen LogP contribution is 2.39. The number of benzene rings is 1. The van der Waals surface area contributed by atoms with E-state index in [2.05, 4.69) is 29.0 Å². The first-order chi connectivity index (χ1) is 11.2. The van der Waals surface area contributed by atoms with Crippen LogP contribution in [0.3, 0.4) is 0 Å². The molecule has 0 spiro atoms. The molecule has 23 heavy (non-hydrogen) atoms. The third kappa shape index (κ3) is 3.12. The Morgan fingerprint density at radius 2 is 2.04 bits per heavy atom. The van der Waals surface area contributed by atoms with E-state index in [-0.39, 0.29) is 0 Å². The average Bonchev–Trinajstić information content (AvgIpc) is 2.92. The molecule has 1 atom stereocenters. The van der Waals surface area contributed by atoms with Gasteiger partial charge >= 0.3 is 0 Å². The normalized spacial score (nSPS) is 22.7. The van der Waals surface area contributed by atoms with E-state index < -0.39 is 5.72 Å². The SMILES string of the molecule is CCc1ccc(C2(O)CSC(=Nc3cccnc3)N2CC)cc1. The molecule has 0 aliphatic carbocycles. The predicted octanol–water partition coefficient (Wildman–Crippen LogP) is 3.55. The number of hydrogen-bond donors (Lipinski definition) is 1. The van der Waals surface area contributed by atoms with Gasteiger partial charge in [-0.05, 0) is 31.0 Å². The fourth-order valence-corrected chi connectivity index (χ4v) is 4.00. The van der Waals surface area contributed by atoms with Crippen molar-refractivity contribution in [1.29, 1.82) is 0 Å². The minimum Gasteiger partial charge on any atom is -0.366 e. The summed E-state index contributed by atoms with van der Waals surface area (Å²) in [6.07, 6.45) is 4.46. The third-order valence-electron chi connectivity index (χ3n) is 4.09. The molecule has 1 aromatic heterocycles. The van der Waals surface area contributed by atoms with Crippen LogP contribution in [0.1, 0.15) is 25.0 Å². The van der Waals surface area contributed by atoms with E-state index in [0.29, 0.717) is 12.3 Å². The van der Waals surface area contributed by atoms with Crippen LogP contribution in [-0.4, -0.2) is 32.5 Å². The van der Waals surface area contributed by atoms with E-state index in [1.54, 1.807) is 24.2 Å². The van der Waals surface area contributed by atoms with Crippen LogP contribution in [0.4, 0.5) is 5.69 Å². The van der Waals surface area contributed by atoms with Crippen molar-refractivity contribution >= 4 is 22.6 Å². The lowest BCUT2D eigenvalue weighted by molar-refractivity contribution is -0.0452. The van der Waals surface area contributed by atoms with Gasteiger partial charge in [-0.25, -0.2) is 4.99 Å². The number of aromatic nitrogens is 1. The van der Waals surface area contributed by atoms with E-state index in [0.717, 1.165) is 22.8 Å². The summed E-state index contributed by atoms with van der Waals surface area (Å²) in [5.74, 6) is 0.575. The second-order valence-electron chi connectivity index (χ2n) is 5.51. The summed E-state index contributed by atoms with van der Waals surface area (Å²) < 4.78 is 0. The summed E-state index contributed by atoms with van der Waals surface area (Å²) in [6, 6.07) is 12.0. The lowest BCUT2D eigenvalue weighted by Crippen LogP contribution is -2.44. The van der Waals surface area contributed by atoms with Crippen molar-refractivity contribution < 1.29 is 5.11 Å². The highest BCUT2D eigenvalue weighted by Gasteiger charge is 2.43. The van der Waals surface area contributed by atoms with Crippen molar-refractivity contribution in [2.45, 2.75) is 26.0 Å². The summed E-state index contributed by atoms with van der Waals surface area (Å²) in [5, 5.41) is 12.1. The number of thioether (sulfide) groups is 1. The monoisotopic (exact) mass is 327 g/mol.